The maximum absolute atomic E-state index is 12.3. The molecule has 0 radical (unpaired) electrons. The molecule has 2 nitrogen and oxygen atoms in total. The summed E-state index contributed by atoms with van der Waals surface area (Å²) in [5.41, 5.74) is -0.503. The molecular formula is C7H5Cl2F2NO. The molecule has 1 aromatic heterocycles. The van der Waals surface area contributed by atoms with Gasteiger partial charge in [0, 0.05) is 6.07 Å². The fraction of sp³-hybridized carbons (Fsp3) is 0.286. The molecule has 0 N–H and O–H groups in total. The molecule has 0 aliphatic rings. The lowest BCUT2D eigenvalue weighted by molar-refractivity contribution is 0.141. The van der Waals surface area contributed by atoms with Crippen molar-refractivity contribution < 1.29 is 13.5 Å². The number of hydrogen-bond donors (Lipinski definition) is 0. The molecule has 0 saturated heterocycles. The van der Waals surface area contributed by atoms with Gasteiger partial charge in [-0.25, -0.2) is 13.8 Å². The Morgan fingerprint density at radius 2 is 2.08 bits per heavy atom. The van der Waals surface area contributed by atoms with Gasteiger partial charge in [-0.3, -0.25) is 0 Å². The zero-order valence-electron chi connectivity index (χ0n) is 6.52. The van der Waals surface area contributed by atoms with Crippen LogP contribution in [0, 0.1) is 0 Å². The predicted octanol–water partition coefficient (Wildman–Crippen LogP) is 3.33. The minimum absolute atomic E-state index is 0.0654. The Kier molecular flexibility index (Phi) is 3.27. The molecule has 0 bridgehead atoms. The third-order valence-corrected chi connectivity index (χ3v) is 2.03. The molecule has 1 aromatic rings. The van der Waals surface area contributed by atoms with E-state index in [1.165, 1.54) is 13.2 Å². The molecule has 6 heteroatoms. The van der Waals surface area contributed by atoms with E-state index < -0.39 is 12.1 Å². The van der Waals surface area contributed by atoms with Crippen molar-refractivity contribution in [3.8, 4) is 5.75 Å². The van der Waals surface area contributed by atoms with Gasteiger partial charge in [0.15, 0.2) is 0 Å². The second-order valence-electron chi connectivity index (χ2n) is 2.15. The lowest BCUT2D eigenvalue weighted by Gasteiger charge is -2.07. The van der Waals surface area contributed by atoms with Gasteiger partial charge < -0.3 is 4.74 Å². The minimum Gasteiger partial charge on any atom is -0.495 e. The van der Waals surface area contributed by atoms with Gasteiger partial charge in [0.05, 0.1) is 12.1 Å². The summed E-state index contributed by atoms with van der Waals surface area (Å²) in [5.74, 6) is -0.0654. The standard InChI is InChI=1S/C7H5Cl2F2NO/c1-13-4-2-3(8)6(9)12-5(4)7(10)11/h2,7H,1H3. The van der Waals surface area contributed by atoms with Crippen molar-refractivity contribution in [2.24, 2.45) is 0 Å². The van der Waals surface area contributed by atoms with Crippen LogP contribution in [-0.2, 0) is 0 Å². The van der Waals surface area contributed by atoms with E-state index in [0.717, 1.165) is 0 Å². The first-order valence-electron chi connectivity index (χ1n) is 3.24. The SMILES string of the molecule is COc1cc(Cl)c(Cl)nc1C(F)F. The minimum atomic E-state index is -2.73. The van der Waals surface area contributed by atoms with E-state index in [0.29, 0.717) is 0 Å². The average molecular weight is 228 g/mol. The summed E-state index contributed by atoms with van der Waals surface area (Å²) in [6.07, 6.45) is -2.73. The van der Waals surface area contributed by atoms with E-state index in [2.05, 4.69) is 9.72 Å². The number of rotatable bonds is 2. The van der Waals surface area contributed by atoms with Crippen molar-refractivity contribution in [3.63, 3.8) is 0 Å². The van der Waals surface area contributed by atoms with Gasteiger partial charge in [-0.1, -0.05) is 23.2 Å². The van der Waals surface area contributed by atoms with Crippen molar-refractivity contribution in [2.75, 3.05) is 7.11 Å². The highest BCUT2D eigenvalue weighted by Crippen LogP contribution is 2.32. The van der Waals surface area contributed by atoms with Crippen molar-refractivity contribution >= 4 is 23.2 Å². The van der Waals surface area contributed by atoms with Crippen LogP contribution in [0.25, 0.3) is 0 Å². The largest absolute Gasteiger partial charge is 0.495 e. The number of nitrogens with zero attached hydrogens (tertiary/aromatic N) is 1. The van der Waals surface area contributed by atoms with E-state index in [1.807, 2.05) is 0 Å². The highest BCUT2D eigenvalue weighted by atomic mass is 35.5. The Morgan fingerprint density at radius 3 is 2.54 bits per heavy atom. The van der Waals surface area contributed by atoms with E-state index >= 15 is 0 Å². The Bertz CT molecular complexity index is 320. The topological polar surface area (TPSA) is 22.1 Å². The van der Waals surface area contributed by atoms with E-state index in [1.54, 1.807) is 0 Å². The summed E-state index contributed by atoms with van der Waals surface area (Å²) in [6.45, 7) is 0. The molecule has 0 amide bonds. The molecule has 1 rings (SSSR count). The zero-order valence-corrected chi connectivity index (χ0v) is 8.03. The van der Waals surface area contributed by atoms with Gasteiger partial charge in [-0.15, -0.1) is 0 Å². The molecule has 0 fully saturated rings. The molecule has 0 saturated carbocycles. The first-order chi connectivity index (χ1) is 6.06. The summed E-state index contributed by atoms with van der Waals surface area (Å²) in [6, 6.07) is 1.21. The van der Waals surface area contributed by atoms with Crippen LogP contribution in [0.4, 0.5) is 8.78 Å². The predicted molar refractivity (Wildman–Crippen MR) is 45.8 cm³/mol. The van der Waals surface area contributed by atoms with Crippen LogP contribution in [-0.4, -0.2) is 12.1 Å². The van der Waals surface area contributed by atoms with Crippen LogP contribution < -0.4 is 4.74 Å². The third-order valence-electron chi connectivity index (χ3n) is 1.35. The summed E-state index contributed by atoms with van der Waals surface area (Å²) in [5, 5.41) is -0.0688. The molecule has 1 heterocycles. The summed E-state index contributed by atoms with van der Waals surface area (Å²) < 4.78 is 29.2. The summed E-state index contributed by atoms with van der Waals surface area (Å²) in [4.78, 5) is 3.40. The molecule has 0 spiro atoms. The lowest BCUT2D eigenvalue weighted by Crippen LogP contribution is -1.96. The highest BCUT2D eigenvalue weighted by Gasteiger charge is 2.18. The number of halogens is 4. The maximum atomic E-state index is 12.3. The van der Waals surface area contributed by atoms with Crippen LogP contribution >= 0.6 is 23.2 Å². The number of alkyl halides is 2. The Morgan fingerprint density at radius 1 is 1.46 bits per heavy atom. The number of ether oxygens (including phenoxy) is 1. The lowest BCUT2D eigenvalue weighted by atomic mass is 10.3. The first kappa shape index (κ1) is 10.5. The quantitative estimate of drug-likeness (QED) is 0.724. The van der Waals surface area contributed by atoms with E-state index in [9.17, 15) is 8.78 Å². The summed E-state index contributed by atoms with van der Waals surface area (Å²) in [7, 11) is 1.26. The van der Waals surface area contributed by atoms with Gasteiger partial charge in [-0.05, 0) is 0 Å². The molecule has 0 atom stereocenters. The molecule has 0 unspecified atom stereocenters. The van der Waals surface area contributed by atoms with Gasteiger partial charge in [0.25, 0.3) is 6.43 Å². The number of methoxy groups -OCH3 is 1. The molecule has 72 valence electrons. The second kappa shape index (κ2) is 4.07. The van der Waals surface area contributed by atoms with Gasteiger partial charge in [0.1, 0.15) is 16.6 Å². The molecule has 0 aromatic carbocycles. The van der Waals surface area contributed by atoms with E-state index in [4.69, 9.17) is 23.2 Å². The van der Waals surface area contributed by atoms with Crippen molar-refractivity contribution in [2.45, 2.75) is 6.43 Å². The van der Waals surface area contributed by atoms with Crippen LogP contribution in [0.3, 0.4) is 0 Å². The number of pyridine rings is 1. The normalized spacial score (nSPS) is 10.6. The maximum Gasteiger partial charge on any atom is 0.284 e. The Hall–Kier alpha value is -0.610. The van der Waals surface area contributed by atoms with Gasteiger partial charge in [-0.2, -0.15) is 0 Å². The number of aromatic nitrogens is 1. The molecule has 0 aliphatic heterocycles. The molecule has 0 aliphatic carbocycles. The molecule has 13 heavy (non-hydrogen) atoms. The van der Waals surface area contributed by atoms with Crippen LogP contribution in [0.15, 0.2) is 6.07 Å². The summed E-state index contributed by atoms with van der Waals surface area (Å²) >= 11 is 11.0. The van der Waals surface area contributed by atoms with Gasteiger partial charge in [0.2, 0.25) is 0 Å². The first-order valence-corrected chi connectivity index (χ1v) is 4.00. The van der Waals surface area contributed by atoms with Crippen molar-refractivity contribution in [1.29, 1.82) is 0 Å². The van der Waals surface area contributed by atoms with Crippen LogP contribution in [0.1, 0.15) is 12.1 Å². The van der Waals surface area contributed by atoms with E-state index in [-0.39, 0.29) is 15.9 Å². The number of hydrogen-bond acceptors (Lipinski definition) is 2. The van der Waals surface area contributed by atoms with Crippen molar-refractivity contribution in [3.05, 3.63) is 21.9 Å². The fourth-order valence-electron chi connectivity index (χ4n) is 0.783. The Balaban J connectivity index is 3.25. The highest BCUT2D eigenvalue weighted by molar-refractivity contribution is 6.41. The average Bonchev–Trinajstić information content (AvgIpc) is 2.08. The fourth-order valence-corrected chi connectivity index (χ4v) is 1.07. The Labute approximate surface area is 83.4 Å². The molecular weight excluding hydrogens is 223 g/mol. The van der Waals surface area contributed by atoms with Crippen LogP contribution in [0.5, 0.6) is 5.75 Å². The third kappa shape index (κ3) is 2.19. The monoisotopic (exact) mass is 227 g/mol. The zero-order chi connectivity index (χ0) is 10.0. The van der Waals surface area contributed by atoms with Crippen molar-refractivity contribution in [1.82, 2.24) is 4.98 Å². The van der Waals surface area contributed by atoms with Gasteiger partial charge >= 0.3 is 0 Å². The smallest absolute Gasteiger partial charge is 0.284 e. The second-order valence-corrected chi connectivity index (χ2v) is 2.91. The van der Waals surface area contributed by atoms with Crippen LogP contribution in [0.2, 0.25) is 10.2 Å².